The second kappa shape index (κ2) is 4.60. The standard InChI is InChI=1S/C13H15N3O2/c1-13(2,3)16-8-12(14-15-16)10-4-6-11(7-5-10)18-9-17/h4-9H,1-3H3. The smallest absolute Gasteiger partial charge is 0.298 e. The van der Waals surface area contributed by atoms with Gasteiger partial charge in [-0.25, -0.2) is 4.68 Å². The summed E-state index contributed by atoms with van der Waals surface area (Å²) in [4.78, 5) is 10.2. The third kappa shape index (κ3) is 2.56. The fourth-order valence-corrected chi connectivity index (χ4v) is 1.48. The molecule has 2 aromatic rings. The molecule has 18 heavy (non-hydrogen) atoms. The molecule has 0 saturated heterocycles. The Balaban J connectivity index is 2.26. The van der Waals surface area contributed by atoms with Gasteiger partial charge in [-0.05, 0) is 45.0 Å². The number of rotatable bonds is 3. The maximum atomic E-state index is 10.2. The fraction of sp³-hybridized carbons (Fsp3) is 0.308. The van der Waals surface area contributed by atoms with E-state index in [-0.39, 0.29) is 5.54 Å². The maximum absolute atomic E-state index is 10.2. The van der Waals surface area contributed by atoms with Crippen molar-refractivity contribution in [2.75, 3.05) is 0 Å². The Bertz CT molecular complexity index is 538. The molecule has 5 nitrogen and oxygen atoms in total. The Kier molecular flexibility index (Phi) is 3.14. The molecule has 1 heterocycles. The minimum absolute atomic E-state index is 0.0914. The largest absolute Gasteiger partial charge is 0.429 e. The van der Waals surface area contributed by atoms with Crippen molar-refractivity contribution in [1.29, 1.82) is 0 Å². The number of benzene rings is 1. The molecule has 1 aromatic carbocycles. The van der Waals surface area contributed by atoms with Crippen LogP contribution in [0.1, 0.15) is 20.8 Å². The van der Waals surface area contributed by atoms with Crippen LogP contribution in [0.2, 0.25) is 0 Å². The molecule has 0 radical (unpaired) electrons. The third-order valence-corrected chi connectivity index (χ3v) is 2.51. The van der Waals surface area contributed by atoms with Crippen molar-refractivity contribution in [3.63, 3.8) is 0 Å². The summed E-state index contributed by atoms with van der Waals surface area (Å²) in [6, 6.07) is 7.13. The normalized spacial score (nSPS) is 11.3. The van der Waals surface area contributed by atoms with E-state index in [4.69, 9.17) is 4.74 Å². The number of hydrogen-bond acceptors (Lipinski definition) is 4. The number of carbonyl (C=O) groups excluding carboxylic acids is 1. The number of nitrogens with zero attached hydrogens (tertiary/aromatic N) is 3. The first-order valence-electron chi connectivity index (χ1n) is 5.64. The molecule has 0 aliphatic rings. The van der Waals surface area contributed by atoms with Gasteiger partial charge in [0.15, 0.2) is 0 Å². The van der Waals surface area contributed by atoms with Crippen molar-refractivity contribution in [2.45, 2.75) is 26.3 Å². The Labute approximate surface area is 105 Å². The highest BCUT2D eigenvalue weighted by molar-refractivity contribution is 5.59. The summed E-state index contributed by atoms with van der Waals surface area (Å²) in [5.74, 6) is 0.511. The van der Waals surface area contributed by atoms with Crippen molar-refractivity contribution >= 4 is 6.47 Å². The average molecular weight is 245 g/mol. The number of carbonyl (C=O) groups is 1. The molecule has 0 N–H and O–H groups in total. The highest BCUT2D eigenvalue weighted by atomic mass is 16.5. The highest BCUT2D eigenvalue weighted by Gasteiger charge is 2.15. The monoisotopic (exact) mass is 245 g/mol. The van der Waals surface area contributed by atoms with E-state index in [1.54, 1.807) is 12.1 Å². The number of ether oxygens (including phenoxy) is 1. The van der Waals surface area contributed by atoms with E-state index in [2.05, 4.69) is 31.1 Å². The van der Waals surface area contributed by atoms with Gasteiger partial charge in [-0.3, -0.25) is 4.79 Å². The summed E-state index contributed by atoms with van der Waals surface area (Å²) in [7, 11) is 0. The summed E-state index contributed by atoms with van der Waals surface area (Å²) < 4.78 is 6.55. The summed E-state index contributed by atoms with van der Waals surface area (Å²) in [5.41, 5.74) is 1.64. The summed E-state index contributed by atoms with van der Waals surface area (Å²) >= 11 is 0. The van der Waals surface area contributed by atoms with E-state index >= 15 is 0 Å². The fourth-order valence-electron chi connectivity index (χ4n) is 1.48. The van der Waals surface area contributed by atoms with Gasteiger partial charge in [0.05, 0.1) is 11.7 Å². The van der Waals surface area contributed by atoms with Crippen LogP contribution < -0.4 is 4.74 Å². The van der Waals surface area contributed by atoms with Crippen molar-refractivity contribution in [3.8, 4) is 17.0 Å². The molecule has 0 spiro atoms. The van der Waals surface area contributed by atoms with Gasteiger partial charge in [-0.1, -0.05) is 5.21 Å². The minimum Gasteiger partial charge on any atom is -0.429 e. The van der Waals surface area contributed by atoms with Crippen LogP contribution in [0, 0.1) is 0 Å². The van der Waals surface area contributed by atoms with E-state index in [1.807, 2.05) is 23.0 Å². The first-order valence-corrected chi connectivity index (χ1v) is 5.64. The lowest BCUT2D eigenvalue weighted by atomic mass is 10.1. The Morgan fingerprint density at radius 2 is 1.89 bits per heavy atom. The molecule has 1 aromatic heterocycles. The quantitative estimate of drug-likeness (QED) is 0.778. The van der Waals surface area contributed by atoms with Crippen LogP contribution in [0.5, 0.6) is 5.75 Å². The van der Waals surface area contributed by atoms with Crippen LogP contribution in [0.3, 0.4) is 0 Å². The molecule has 0 fully saturated rings. The molecular weight excluding hydrogens is 230 g/mol. The molecule has 0 amide bonds. The van der Waals surface area contributed by atoms with Gasteiger partial charge in [-0.15, -0.1) is 5.10 Å². The highest BCUT2D eigenvalue weighted by Crippen LogP contribution is 2.22. The van der Waals surface area contributed by atoms with Crippen molar-refractivity contribution in [2.24, 2.45) is 0 Å². The summed E-state index contributed by atoms with van der Waals surface area (Å²) in [5, 5.41) is 8.23. The molecule has 0 unspecified atom stereocenters. The van der Waals surface area contributed by atoms with E-state index in [0.717, 1.165) is 11.3 Å². The van der Waals surface area contributed by atoms with Crippen molar-refractivity contribution in [1.82, 2.24) is 15.0 Å². The molecular formula is C13H15N3O2. The lowest BCUT2D eigenvalue weighted by Gasteiger charge is -2.17. The first kappa shape index (κ1) is 12.3. The van der Waals surface area contributed by atoms with Crippen LogP contribution in [0.15, 0.2) is 30.5 Å². The van der Waals surface area contributed by atoms with Gasteiger partial charge in [0, 0.05) is 5.56 Å². The summed E-state index contributed by atoms with van der Waals surface area (Å²) in [6.45, 7) is 6.59. The zero-order chi connectivity index (χ0) is 13.2. The van der Waals surface area contributed by atoms with Gasteiger partial charge in [0.2, 0.25) is 0 Å². The zero-order valence-corrected chi connectivity index (χ0v) is 10.6. The lowest BCUT2D eigenvalue weighted by molar-refractivity contribution is -0.120. The van der Waals surface area contributed by atoms with Crippen LogP contribution in [0.4, 0.5) is 0 Å². The third-order valence-electron chi connectivity index (χ3n) is 2.51. The van der Waals surface area contributed by atoms with Crippen LogP contribution >= 0.6 is 0 Å². The Morgan fingerprint density at radius 1 is 1.22 bits per heavy atom. The molecule has 5 heteroatoms. The summed E-state index contributed by atoms with van der Waals surface area (Å²) in [6.07, 6.45) is 1.90. The topological polar surface area (TPSA) is 57.0 Å². The molecule has 0 saturated carbocycles. The first-order chi connectivity index (χ1) is 8.50. The average Bonchev–Trinajstić information content (AvgIpc) is 2.79. The Hall–Kier alpha value is -2.17. The maximum Gasteiger partial charge on any atom is 0.298 e. The Morgan fingerprint density at radius 3 is 2.39 bits per heavy atom. The second-order valence-electron chi connectivity index (χ2n) is 4.96. The van der Waals surface area contributed by atoms with Crippen LogP contribution in [-0.2, 0) is 10.3 Å². The second-order valence-corrected chi connectivity index (χ2v) is 4.96. The van der Waals surface area contributed by atoms with E-state index in [0.29, 0.717) is 12.2 Å². The number of aromatic nitrogens is 3. The molecule has 0 atom stereocenters. The van der Waals surface area contributed by atoms with Gasteiger partial charge >= 0.3 is 0 Å². The molecule has 0 aliphatic carbocycles. The SMILES string of the molecule is CC(C)(C)n1cc(-c2ccc(OC=O)cc2)nn1. The van der Waals surface area contributed by atoms with Gasteiger partial charge in [0.1, 0.15) is 11.4 Å². The predicted octanol–water partition coefficient (Wildman–Crippen LogP) is 2.24. The predicted molar refractivity (Wildman–Crippen MR) is 67.1 cm³/mol. The minimum atomic E-state index is -0.0914. The zero-order valence-electron chi connectivity index (χ0n) is 10.6. The van der Waals surface area contributed by atoms with E-state index < -0.39 is 0 Å². The van der Waals surface area contributed by atoms with Gasteiger partial charge in [-0.2, -0.15) is 0 Å². The number of hydrogen-bond donors (Lipinski definition) is 0. The molecule has 0 bridgehead atoms. The van der Waals surface area contributed by atoms with Gasteiger partial charge in [0.25, 0.3) is 6.47 Å². The van der Waals surface area contributed by atoms with Crippen molar-refractivity contribution < 1.29 is 9.53 Å². The molecule has 94 valence electrons. The van der Waals surface area contributed by atoms with E-state index in [1.165, 1.54) is 0 Å². The van der Waals surface area contributed by atoms with Crippen LogP contribution in [-0.4, -0.2) is 21.5 Å². The van der Waals surface area contributed by atoms with Crippen LogP contribution in [0.25, 0.3) is 11.3 Å². The molecule has 0 aliphatic heterocycles. The lowest BCUT2D eigenvalue weighted by Crippen LogP contribution is -2.22. The van der Waals surface area contributed by atoms with E-state index in [9.17, 15) is 4.79 Å². The van der Waals surface area contributed by atoms with Gasteiger partial charge < -0.3 is 4.74 Å². The molecule has 2 rings (SSSR count). The van der Waals surface area contributed by atoms with Crippen molar-refractivity contribution in [3.05, 3.63) is 30.5 Å².